The lowest BCUT2D eigenvalue weighted by molar-refractivity contribution is 0.569. The van der Waals surface area contributed by atoms with Gasteiger partial charge in [-0.2, -0.15) is 0 Å². The van der Waals surface area contributed by atoms with Gasteiger partial charge in [0.2, 0.25) is 0 Å². The summed E-state index contributed by atoms with van der Waals surface area (Å²) in [6.45, 7) is 12.4. The average Bonchev–Trinajstić information content (AvgIpc) is 2.31. The summed E-state index contributed by atoms with van der Waals surface area (Å²) in [7, 11) is 3.88. The summed E-state index contributed by atoms with van der Waals surface area (Å²) >= 11 is 0. The van der Waals surface area contributed by atoms with E-state index in [1.54, 1.807) is 0 Å². The van der Waals surface area contributed by atoms with Crippen molar-refractivity contribution in [3.63, 3.8) is 0 Å². The molecule has 0 aromatic heterocycles. The molecule has 0 spiro atoms. The predicted molar refractivity (Wildman–Crippen MR) is 82.8 cm³/mol. The van der Waals surface area contributed by atoms with Crippen LogP contribution in [0.5, 0.6) is 0 Å². The Morgan fingerprint density at radius 2 is 1.94 bits per heavy atom. The lowest BCUT2D eigenvalue weighted by atomic mass is 9.93. The molecule has 0 radical (unpaired) electrons. The van der Waals surface area contributed by atoms with Gasteiger partial charge in [-0.15, -0.1) is 0 Å². The first-order valence-electron chi connectivity index (χ1n) is 6.63. The van der Waals surface area contributed by atoms with Gasteiger partial charge in [0, 0.05) is 37.6 Å². The Morgan fingerprint density at radius 1 is 1.33 bits per heavy atom. The van der Waals surface area contributed by atoms with Crippen LogP contribution in [0.15, 0.2) is 41.7 Å². The molecule has 2 heteroatoms. The molecule has 0 aromatic carbocycles. The summed E-state index contributed by atoms with van der Waals surface area (Å²) in [6, 6.07) is 0. The van der Waals surface area contributed by atoms with E-state index in [-0.39, 0.29) is 5.92 Å². The molecule has 0 saturated heterocycles. The third-order valence-corrected chi connectivity index (χ3v) is 2.89. The first-order valence-corrected chi connectivity index (χ1v) is 6.63. The van der Waals surface area contributed by atoms with Crippen molar-refractivity contribution in [1.82, 2.24) is 4.90 Å². The van der Waals surface area contributed by atoms with Crippen molar-refractivity contribution in [2.24, 2.45) is 16.8 Å². The van der Waals surface area contributed by atoms with Crippen LogP contribution in [0.2, 0.25) is 0 Å². The van der Waals surface area contributed by atoms with Crippen LogP contribution >= 0.6 is 0 Å². The SMILES string of the molecule is C=C(C)N(C)C=CC(/C=C\CC)/C(=N\C)C(C)C. The lowest BCUT2D eigenvalue weighted by Gasteiger charge is -2.18. The second kappa shape index (κ2) is 8.73. The van der Waals surface area contributed by atoms with Gasteiger partial charge in [-0.25, -0.2) is 0 Å². The number of nitrogens with zero attached hydrogens (tertiary/aromatic N) is 2. The van der Waals surface area contributed by atoms with Crippen LogP contribution in [0.4, 0.5) is 0 Å². The molecular weight excluding hydrogens is 220 g/mol. The van der Waals surface area contributed by atoms with Gasteiger partial charge in [0.15, 0.2) is 0 Å². The first-order chi connectivity index (χ1) is 8.43. The van der Waals surface area contributed by atoms with Gasteiger partial charge >= 0.3 is 0 Å². The topological polar surface area (TPSA) is 15.6 Å². The minimum absolute atomic E-state index is 0.275. The fraction of sp³-hybridized carbons (Fsp3) is 0.562. The van der Waals surface area contributed by atoms with Gasteiger partial charge in [0.25, 0.3) is 0 Å². The van der Waals surface area contributed by atoms with Crippen molar-refractivity contribution in [1.29, 1.82) is 0 Å². The third kappa shape index (κ3) is 5.85. The van der Waals surface area contributed by atoms with Gasteiger partial charge in [0.05, 0.1) is 0 Å². The Balaban J connectivity index is 5.01. The molecule has 102 valence electrons. The maximum atomic E-state index is 4.44. The molecular formula is C16H28N2. The summed E-state index contributed by atoms with van der Waals surface area (Å²) in [5.41, 5.74) is 2.25. The standard InChI is InChI=1S/C16H28N2/c1-8-9-10-15(16(17-6)13(2)3)11-12-18(7)14(4)5/h9-13,15H,4,8H2,1-3,5-7H3/b10-9-,12-11?,17-16-. The molecule has 0 aliphatic rings. The van der Waals surface area contributed by atoms with Gasteiger partial charge in [-0.3, -0.25) is 4.99 Å². The summed E-state index contributed by atoms with van der Waals surface area (Å²) in [4.78, 5) is 6.46. The van der Waals surface area contributed by atoms with E-state index in [0.29, 0.717) is 5.92 Å². The van der Waals surface area contributed by atoms with Gasteiger partial charge in [0.1, 0.15) is 0 Å². The normalized spacial score (nSPS) is 14.7. The molecule has 2 nitrogen and oxygen atoms in total. The fourth-order valence-corrected chi connectivity index (χ4v) is 1.69. The highest BCUT2D eigenvalue weighted by Gasteiger charge is 2.12. The minimum atomic E-state index is 0.275. The van der Waals surface area contributed by atoms with Crippen molar-refractivity contribution in [3.8, 4) is 0 Å². The van der Waals surface area contributed by atoms with E-state index < -0.39 is 0 Å². The first kappa shape index (κ1) is 16.7. The van der Waals surface area contributed by atoms with E-state index in [1.165, 1.54) is 5.71 Å². The van der Waals surface area contributed by atoms with Crippen LogP contribution in [0.1, 0.15) is 34.1 Å². The fourth-order valence-electron chi connectivity index (χ4n) is 1.69. The molecule has 0 aliphatic heterocycles. The third-order valence-electron chi connectivity index (χ3n) is 2.89. The van der Waals surface area contributed by atoms with E-state index >= 15 is 0 Å². The van der Waals surface area contributed by atoms with E-state index in [2.05, 4.69) is 56.8 Å². The van der Waals surface area contributed by atoms with Crippen LogP contribution in [-0.2, 0) is 0 Å². The smallest absolute Gasteiger partial charge is 0.0348 e. The Hall–Kier alpha value is -1.31. The van der Waals surface area contributed by atoms with Crippen molar-refractivity contribution >= 4 is 5.71 Å². The molecule has 1 atom stereocenters. The Morgan fingerprint density at radius 3 is 2.33 bits per heavy atom. The summed E-state index contributed by atoms with van der Waals surface area (Å²) in [5, 5.41) is 0. The Labute approximate surface area is 113 Å². The van der Waals surface area contributed by atoms with Crippen molar-refractivity contribution in [2.75, 3.05) is 14.1 Å². The number of hydrogen-bond donors (Lipinski definition) is 0. The van der Waals surface area contributed by atoms with Crippen LogP contribution < -0.4 is 0 Å². The maximum Gasteiger partial charge on any atom is 0.0348 e. The molecule has 0 aliphatic carbocycles. The second-order valence-corrected chi connectivity index (χ2v) is 4.85. The molecule has 18 heavy (non-hydrogen) atoms. The van der Waals surface area contributed by atoms with Crippen molar-refractivity contribution in [2.45, 2.75) is 34.1 Å². The quantitative estimate of drug-likeness (QED) is 0.485. The zero-order chi connectivity index (χ0) is 14.1. The van der Waals surface area contributed by atoms with Crippen molar-refractivity contribution < 1.29 is 0 Å². The highest BCUT2D eigenvalue weighted by atomic mass is 15.1. The van der Waals surface area contributed by atoms with E-state index in [4.69, 9.17) is 0 Å². The maximum absolute atomic E-state index is 4.44. The van der Waals surface area contributed by atoms with Gasteiger partial charge < -0.3 is 4.90 Å². The molecule has 0 N–H and O–H groups in total. The molecule has 0 aromatic rings. The monoisotopic (exact) mass is 248 g/mol. The Bertz CT molecular complexity index is 335. The van der Waals surface area contributed by atoms with Crippen LogP contribution in [0, 0.1) is 11.8 Å². The van der Waals surface area contributed by atoms with E-state index in [0.717, 1.165) is 12.1 Å². The lowest BCUT2D eigenvalue weighted by Crippen LogP contribution is -2.18. The second-order valence-electron chi connectivity index (χ2n) is 4.85. The van der Waals surface area contributed by atoms with Gasteiger partial charge in [-0.1, -0.05) is 45.6 Å². The largest absolute Gasteiger partial charge is 0.356 e. The number of hydrogen-bond acceptors (Lipinski definition) is 2. The van der Waals surface area contributed by atoms with E-state index in [9.17, 15) is 0 Å². The molecule has 0 rings (SSSR count). The number of rotatable bonds is 7. The number of aliphatic imine (C=N–C) groups is 1. The van der Waals surface area contributed by atoms with E-state index in [1.807, 2.05) is 25.9 Å². The summed E-state index contributed by atoms with van der Waals surface area (Å²) < 4.78 is 0. The summed E-state index contributed by atoms with van der Waals surface area (Å²) in [5.74, 6) is 0.734. The number of allylic oxidation sites excluding steroid dienone is 4. The molecule has 0 amide bonds. The highest BCUT2D eigenvalue weighted by molar-refractivity contribution is 5.91. The molecule has 0 bridgehead atoms. The zero-order valence-electron chi connectivity index (χ0n) is 12.8. The molecule has 1 unspecified atom stereocenters. The average molecular weight is 248 g/mol. The zero-order valence-corrected chi connectivity index (χ0v) is 12.8. The van der Waals surface area contributed by atoms with Crippen LogP contribution in [0.25, 0.3) is 0 Å². The van der Waals surface area contributed by atoms with Crippen LogP contribution in [0.3, 0.4) is 0 Å². The molecule has 0 heterocycles. The van der Waals surface area contributed by atoms with Gasteiger partial charge in [-0.05, 0) is 19.3 Å². The minimum Gasteiger partial charge on any atom is -0.356 e. The molecule has 0 saturated carbocycles. The molecule has 0 fully saturated rings. The summed E-state index contributed by atoms with van der Waals surface area (Å²) in [6.07, 6.45) is 9.73. The predicted octanol–water partition coefficient (Wildman–Crippen LogP) is 4.27. The van der Waals surface area contributed by atoms with Crippen LogP contribution in [-0.4, -0.2) is 24.7 Å². The van der Waals surface area contributed by atoms with Crippen molar-refractivity contribution in [3.05, 3.63) is 36.7 Å². The Kier molecular flexibility index (Phi) is 8.10. The highest BCUT2D eigenvalue weighted by Crippen LogP contribution is 2.14.